The molecule has 24 heavy (non-hydrogen) atoms. The predicted molar refractivity (Wildman–Crippen MR) is 91.8 cm³/mol. The van der Waals surface area contributed by atoms with E-state index in [0.717, 1.165) is 11.1 Å². The molecule has 0 aliphatic heterocycles. The number of hydrogen-bond acceptors (Lipinski definition) is 4. The third kappa shape index (κ3) is 4.33. The summed E-state index contributed by atoms with van der Waals surface area (Å²) in [5.41, 5.74) is 4.60. The molecule has 0 aliphatic carbocycles. The molecule has 1 aromatic heterocycles. The van der Waals surface area contributed by atoms with E-state index in [9.17, 15) is 4.79 Å². The van der Waals surface area contributed by atoms with Gasteiger partial charge < -0.3 is 9.15 Å². The molecule has 5 heteroatoms. The van der Waals surface area contributed by atoms with E-state index >= 15 is 0 Å². The second kappa shape index (κ2) is 7.78. The van der Waals surface area contributed by atoms with Gasteiger partial charge in [0.25, 0.3) is 5.91 Å². The molecule has 0 atom stereocenters. The lowest BCUT2D eigenvalue weighted by atomic mass is 10.1. The van der Waals surface area contributed by atoms with E-state index in [4.69, 9.17) is 9.15 Å². The number of furan rings is 1. The van der Waals surface area contributed by atoms with Crippen LogP contribution in [-0.4, -0.2) is 18.7 Å². The summed E-state index contributed by atoms with van der Waals surface area (Å²) in [6.07, 6.45) is 2.96. The van der Waals surface area contributed by atoms with Crippen molar-refractivity contribution >= 4 is 12.1 Å². The van der Waals surface area contributed by atoms with Crippen molar-refractivity contribution in [1.29, 1.82) is 0 Å². The Hall–Kier alpha value is -3.34. The Labute approximate surface area is 139 Å². The second-order valence-corrected chi connectivity index (χ2v) is 4.99. The van der Waals surface area contributed by atoms with Crippen LogP contribution in [0, 0.1) is 0 Å². The van der Waals surface area contributed by atoms with E-state index in [-0.39, 0.29) is 12.5 Å². The molecule has 3 rings (SSSR count). The quantitative estimate of drug-likeness (QED) is 0.559. The van der Waals surface area contributed by atoms with Crippen molar-refractivity contribution in [1.82, 2.24) is 5.43 Å². The van der Waals surface area contributed by atoms with Crippen LogP contribution in [0.3, 0.4) is 0 Å². The minimum absolute atomic E-state index is 0.111. The Balaban J connectivity index is 1.48. The molecule has 0 saturated carbocycles. The van der Waals surface area contributed by atoms with Gasteiger partial charge in [-0.05, 0) is 35.4 Å². The summed E-state index contributed by atoms with van der Waals surface area (Å²) in [5, 5.41) is 3.78. The number of carbonyl (C=O) groups excluding carboxylic acids is 1. The van der Waals surface area contributed by atoms with Gasteiger partial charge in [0.1, 0.15) is 11.5 Å². The fraction of sp³-hybridized carbons (Fsp3) is 0.0526. The molecule has 0 saturated heterocycles. The van der Waals surface area contributed by atoms with Crippen LogP contribution in [0.15, 0.2) is 82.5 Å². The monoisotopic (exact) mass is 320 g/mol. The first-order chi connectivity index (χ1) is 11.8. The number of carbonyl (C=O) groups is 1. The third-order valence-corrected chi connectivity index (χ3v) is 3.26. The van der Waals surface area contributed by atoms with Crippen molar-refractivity contribution in [2.45, 2.75) is 0 Å². The Morgan fingerprint density at radius 2 is 1.75 bits per heavy atom. The highest BCUT2D eigenvalue weighted by Gasteiger charge is 2.02. The second-order valence-electron chi connectivity index (χ2n) is 4.99. The molecule has 1 amide bonds. The summed E-state index contributed by atoms with van der Waals surface area (Å²) in [7, 11) is 0. The average Bonchev–Trinajstić information content (AvgIpc) is 3.15. The van der Waals surface area contributed by atoms with Crippen molar-refractivity contribution < 1.29 is 13.9 Å². The largest absolute Gasteiger partial charge is 0.484 e. The topological polar surface area (TPSA) is 63.8 Å². The van der Waals surface area contributed by atoms with Gasteiger partial charge in [-0.3, -0.25) is 4.79 Å². The molecular weight excluding hydrogens is 304 g/mol. The predicted octanol–water partition coefficient (Wildman–Crippen LogP) is 3.48. The molecule has 2 aromatic carbocycles. The lowest BCUT2D eigenvalue weighted by Gasteiger charge is -2.06. The maximum absolute atomic E-state index is 11.7. The van der Waals surface area contributed by atoms with Crippen LogP contribution in [0.1, 0.15) is 5.76 Å². The Morgan fingerprint density at radius 3 is 2.46 bits per heavy atom. The minimum Gasteiger partial charge on any atom is -0.484 e. The van der Waals surface area contributed by atoms with E-state index in [2.05, 4.69) is 10.5 Å². The van der Waals surface area contributed by atoms with Crippen LogP contribution in [0.4, 0.5) is 0 Å². The zero-order valence-corrected chi connectivity index (χ0v) is 12.9. The van der Waals surface area contributed by atoms with Crippen molar-refractivity contribution in [3.63, 3.8) is 0 Å². The van der Waals surface area contributed by atoms with E-state index in [0.29, 0.717) is 11.5 Å². The van der Waals surface area contributed by atoms with Crippen LogP contribution >= 0.6 is 0 Å². The van der Waals surface area contributed by atoms with Gasteiger partial charge in [-0.1, -0.05) is 42.5 Å². The lowest BCUT2D eigenvalue weighted by Crippen LogP contribution is -2.24. The normalized spacial score (nSPS) is 10.7. The summed E-state index contributed by atoms with van der Waals surface area (Å²) < 4.78 is 10.5. The molecule has 5 nitrogen and oxygen atoms in total. The van der Waals surface area contributed by atoms with Gasteiger partial charge in [0.15, 0.2) is 6.61 Å². The number of nitrogens with one attached hydrogen (secondary N) is 1. The van der Waals surface area contributed by atoms with Gasteiger partial charge in [-0.25, -0.2) is 5.43 Å². The van der Waals surface area contributed by atoms with Gasteiger partial charge in [0.2, 0.25) is 0 Å². The van der Waals surface area contributed by atoms with E-state index in [1.807, 2.05) is 54.6 Å². The van der Waals surface area contributed by atoms with Crippen LogP contribution < -0.4 is 10.2 Å². The van der Waals surface area contributed by atoms with Gasteiger partial charge >= 0.3 is 0 Å². The first-order valence-corrected chi connectivity index (χ1v) is 7.45. The Morgan fingerprint density at radius 1 is 1.00 bits per heavy atom. The van der Waals surface area contributed by atoms with Crippen molar-refractivity contribution in [2.75, 3.05) is 6.61 Å². The Kier molecular flexibility index (Phi) is 5.04. The number of ether oxygens (including phenoxy) is 1. The summed E-state index contributed by atoms with van der Waals surface area (Å²) in [6.45, 7) is -0.111. The van der Waals surface area contributed by atoms with Gasteiger partial charge in [0, 0.05) is 0 Å². The van der Waals surface area contributed by atoms with E-state index < -0.39 is 0 Å². The number of hydrogen-bond donors (Lipinski definition) is 1. The zero-order valence-electron chi connectivity index (χ0n) is 12.9. The van der Waals surface area contributed by atoms with Crippen LogP contribution in [-0.2, 0) is 4.79 Å². The van der Waals surface area contributed by atoms with E-state index in [1.165, 1.54) is 12.5 Å². The van der Waals surface area contributed by atoms with Gasteiger partial charge in [-0.15, -0.1) is 0 Å². The molecule has 0 unspecified atom stereocenters. The van der Waals surface area contributed by atoms with Crippen LogP contribution in [0.2, 0.25) is 0 Å². The standard InChI is InChI=1S/C19H16N2O3/c22-19(21-20-13-18-7-4-12-23-18)14-24-17-10-8-16(9-11-17)15-5-2-1-3-6-15/h1-13H,14H2,(H,21,22)/b20-13-. The van der Waals surface area contributed by atoms with Crippen LogP contribution in [0.5, 0.6) is 5.75 Å². The van der Waals surface area contributed by atoms with Gasteiger partial charge in [-0.2, -0.15) is 5.10 Å². The number of hydrazone groups is 1. The first-order valence-electron chi connectivity index (χ1n) is 7.45. The SMILES string of the molecule is O=C(COc1ccc(-c2ccccc2)cc1)N/N=C\c1ccco1. The summed E-state index contributed by atoms with van der Waals surface area (Å²) in [4.78, 5) is 11.7. The van der Waals surface area contributed by atoms with Crippen LogP contribution in [0.25, 0.3) is 11.1 Å². The summed E-state index contributed by atoms with van der Waals surface area (Å²) in [5.74, 6) is 0.845. The average molecular weight is 320 g/mol. The Bertz CT molecular complexity index is 794. The molecule has 0 bridgehead atoms. The fourth-order valence-electron chi connectivity index (χ4n) is 2.09. The molecule has 0 spiro atoms. The maximum atomic E-state index is 11.7. The molecule has 3 aromatic rings. The molecule has 1 heterocycles. The molecule has 0 radical (unpaired) electrons. The number of nitrogens with zero attached hydrogens (tertiary/aromatic N) is 1. The highest BCUT2D eigenvalue weighted by molar-refractivity contribution is 5.81. The van der Waals surface area contributed by atoms with Crippen molar-refractivity contribution in [3.05, 3.63) is 78.8 Å². The first kappa shape index (κ1) is 15.6. The number of amides is 1. The van der Waals surface area contributed by atoms with E-state index in [1.54, 1.807) is 12.1 Å². The summed E-state index contributed by atoms with van der Waals surface area (Å²) >= 11 is 0. The lowest BCUT2D eigenvalue weighted by molar-refractivity contribution is -0.123. The molecule has 120 valence electrons. The molecule has 0 aliphatic rings. The molecule has 1 N–H and O–H groups in total. The highest BCUT2D eigenvalue weighted by atomic mass is 16.5. The molecule has 0 fully saturated rings. The number of benzene rings is 2. The van der Waals surface area contributed by atoms with Crippen molar-refractivity contribution in [3.8, 4) is 16.9 Å². The highest BCUT2D eigenvalue weighted by Crippen LogP contribution is 2.21. The van der Waals surface area contributed by atoms with Gasteiger partial charge in [0.05, 0.1) is 12.5 Å². The summed E-state index contributed by atoms with van der Waals surface area (Å²) in [6, 6.07) is 21.1. The zero-order chi connectivity index (χ0) is 16.6. The van der Waals surface area contributed by atoms with Crippen molar-refractivity contribution in [2.24, 2.45) is 5.10 Å². The third-order valence-electron chi connectivity index (χ3n) is 3.26. The minimum atomic E-state index is -0.343. The fourth-order valence-corrected chi connectivity index (χ4v) is 2.09. The maximum Gasteiger partial charge on any atom is 0.277 e. The smallest absolute Gasteiger partial charge is 0.277 e. The number of rotatable bonds is 6. The molecular formula is C19H16N2O3.